The van der Waals surface area contributed by atoms with Crippen LogP contribution in [0.15, 0.2) is 24.3 Å². The Kier molecular flexibility index (Phi) is 4.66. The first-order valence-electron chi connectivity index (χ1n) is 7.34. The molecule has 1 aromatic carbocycles. The van der Waals surface area contributed by atoms with Crippen molar-refractivity contribution in [2.75, 3.05) is 37.6 Å². The van der Waals surface area contributed by atoms with Gasteiger partial charge in [0.2, 0.25) is 0 Å². The van der Waals surface area contributed by atoms with Crippen LogP contribution < -0.4 is 4.90 Å². The molecule has 112 valence electrons. The standard InChI is InChI=1S/C16H25FN2O/c1-13(2)16(3,20)12-18-8-10-19(11-9-18)15-6-4-14(17)5-7-15/h4-7,13,20H,8-12H2,1-3H3. The average Bonchev–Trinajstić information content (AvgIpc) is 2.40. The largest absolute Gasteiger partial charge is 0.389 e. The molecule has 1 fully saturated rings. The minimum Gasteiger partial charge on any atom is -0.389 e. The third-order valence-electron chi connectivity index (χ3n) is 4.35. The lowest BCUT2D eigenvalue weighted by Crippen LogP contribution is -2.52. The third-order valence-corrected chi connectivity index (χ3v) is 4.35. The van der Waals surface area contributed by atoms with Crippen LogP contribution in [0.25, 0.3) is 0 Å². The van der Waals surface area contributed by atoms with Gasteiger partial charge in [-0.15, -0.1) is 0 Å². The van der Waals surface area contributed by atoms with Crippen LogP contribution in [0.5, 0.6) is 0 Å². The van der Waals surface area contributed by atoms with Gasteiger partial charge in [-0.05, 0) is 37.1 Å². The van der Waals surface area contributed by atoms with Crippen LogP contribution in [0, 0.1) is 11.7 Å². The molecule has 0 aromatic heterocycles. The Hall–Kier alpha value is -1.13. The molecule has 1 N–H and O–H groups in total. The molecule has 0 spiro atoms. The molecular weight excluding hydrogens is 255 g/mol. The maximum atomic E-state index is 12.9. The van der Waals surface area contributed by atoms with Crippen LogP contribution in [0.2, 0.25) is 0 Å². The molecule has 0 bridgehead atoms. The van der Waals surface area contributed by atoms with Crippen molar-refractivity contribution in [3.8, 4) is 0 Å². The van der Waals surface area contributed by atoms with Crippen LogP contribution >= 0.6 is 0 Å². The normalized spacial score (nSPS) is 20.2. The van der Waals surface area contributed by atoms with Crippen LogP contribution in [0.1, 0.15) is 20.8 Å². The Labute approximate surface area is 121 Å². The molecule has 1 atom stereocenters. The van der Waals surface area contributed by atoms with Gasteiger partial charge >= 0.3 is 0 Å². The van der Waals surface area contributed by atoms with Gasteiger partial charge < -0.3 is 10.0 Å². The van der Waals surface area contributed by atoms with E-state index in [1.807, 2.05) is 19.1 Å². The molecule has 1 aliphatic heterocycles. The highest BCUT2D eigenvalue weighted by Gasteiger charge is 2.29. The van der Waals surface area contributed by atoms with E-state index < -0.39 is 5.60 Å². The van der Waals surface area contributed by atoms with Gasteiger partial charge in [-0.2, -0.15) is 0 Å². The maximum absolute atomic E-state index is 12.9. The molecule has 20 heavy (non-hydrogen) atoms. The quantitative estimate of drug-likeness (QED) is 0.917. The fraction of sp³-hybridized carbons (Fsp3) is 0.625. The van der Waals surface area contributed by atoms with Crippen molar-refractivity contribution in [2.24, 2.45) is 5.92 Å². The lowest BCUT2D eigenvalue weighted by Gasteiger charge is -2.40. The first kappa shape index (κ1) is 15.3. The highest BCUT2D eigenvalue weighted by atomic mass is 19.1. The van der Waals surface area contributed by atoms with Crippen LogP contribution in [0.3, 0.4) is 0 Å². The number of rotatable bonds is 4. The Morgan fingerprint density at radius 1 is 1.15 bits per heavy atom. The van der Waals surface area contributed by atoms with Crippen molar-refractivity contribution in [1.29, 1.82) is 0 Å². The van der Waals surface area contributed by atoms with E-state index in [1.54, 1.807) is 0 Å². The fourth-order valence-corrected chi connectivity index (χ4v) is 2.45. The van der Waals surface area contributed by atoms with Crippen molar-refractivity contribution < 1.29 is 9.50 Å². The van der Waals surface area contributed by atoms with Gasteiger partial charge in [-0.25, -0.2) is 4.39 Å². The smallest absolute Gasteiger partial charge is 0.123 e. The molecule has 1 aromatic rings. The van der Waals surface area contributed by atoms with Gasteiger partial charge in [0.25, 0.3) is 0 Å². The number of anilines is 1. The summed E-state index contributed by atoms with van der Waals surface area (Å²) in [7, 11) is 0. The molecule has 1 unspecified atom stereocenters. The summed E-state index contributed by atoms with van der Waals surface area (Å²) in [5.41, 5.74) is 0.430. The second-order valence-corrected chi connectivity index (χ2v) is 6.25. The van der Waals surface area contributed by atoms with Gasteiger partial charge in [0.05, 0.1) is 5.60 Å². The monoisotopic (exact) mass is 280 g/mol. The molecule has 1 aliphatic rings. The molecule has 2 rings (SSSR count). The van der Waals surface area contributed by atoms with E-state index in [2.05, 4.69) is 23.6 Å². The number of halogens is 1. The second kappa shape index (κ2) is 6.10. The Bertz CT molecular complexity index is 423. The molecular formula is C16H25FN2O. The fourth-order valence-electron chi connectivity index (χ4n) is 2.45. The highest BCUT2D eigenvalue weighted by Crippen LogP contribution is 2.21. The summed E-state index contributed by atoms with van der Waals surface area (Å²) < 4.78 is 12.9. The summed E-state index contributed by atoms with van der Waals surface area (Å²) in [6, 6.07) is 6.67. The van der Waals surface area contributed by atoms with Crippen molar-refractivity contribution in [3.05, 3.63) is 30.1 Å². The summed E-state index contributed by atoms with van der Waals surface area (Å²) in [5, 5.41) is 10.4. The molecule has 1 heterocycles. The number of β-amino-alcohol motifs (C(OH)–C–C–N with tert-alkyl or cyclic N) is 1. The number of hydrogen-bond acceptors (Lipinski definition) is 3. The van der Waals surface area contributed by atoms with Crippen LogP contribution in [-0.4, -0.2) is 48.3 Å². The van der Waals surface area contributed by atoms with Gasteiger partial charge in [0.15, 0.2) is 0 Å². The summed E-state index contributed by atoms with van der Waals surface area (Å²) in [5.74, 6) is 0.0537. The van der Waals surface area contributed by atoms with Crippen molar-refractivity contribution in [3.63, 3.8) is 0 Å². The van der Waals surface area contributed by atoms with E-state index in [1.165, 1.54) is 12.1 Å². The SMILES string of the molecule is CC(C)C(C)(O)CN1CCN(c2ccc(F)cc2)CC1. The molecule has 0 saturated carbocycles. The summed E-state index contributed by atoms with van der Waals surface area (Å²) in [6.07, 6.45) is 0. The maximum Gasteiger partial charge on any atom is 0.123 e. The summed E-state index contributed by atoms with van der Waals surface area (Å²) >= 11 is 0. The van der Waals surface area contributed by atoms with Gasteiger partial charge in [-0.3, -0.25) is 4.90 Å². The zero-order valence-corrected chi connectivity index (χ0v) is 12.6. The van der Waals surface area contributed by atoms with Crippen molar-refractivity contribution >= 4 is 5.69 Å². The van der Waals surface area contributed by atoms with Crippen molar-refractivity contribution in [2.45, 2.75) is 26.4 Å². The van der Waals surface area contributed by atoms with E-state index in [4.69, 9.17) is 0 Å². The van der Waals surface area contributed by atoms with E-state index in [-0.39, 0.29) is 11.7 Å². The zero-order chi connectivity index (χ0) is 14.8. The second-order valence-electron chi connectivity index (χ2n) is 6.25. The number of hydrogen-bond donors (Lipinski definition) is 1. The van der Waals surface area contributed by atoms with Crippen molar-refractivity contribution in [1.82, 2.24) is 4.90 Å². The summed E-state index contributed by atoms with van der Waals surface area (Å²) in [4.78, 5) is 4.57. The number of benzene rings is 1. The van der Waals surface area contributed by atoms with Gasteiger partial charge in [-0.1, -0.05) is 13.8 Å². The van der Waals surface area contributed by atoms with E-state index in [0.29, 0.717) is 6.54 Å². The molecule has 1 saturated heterocycles. The molecule has 0 radical (unpaired) electrons. The number of aliphatic hydroxyl groups is 1. The minimum atomic E-state index is -0.641. The molecule has 0 amide bonds. The molecule has 4 heteroatoms. The number of nitrogens with zero attached hydrogens (tertiary/aromatic N) is 2. The Balaban J connectivity index is 1.88. The third kappa shape index (κ3) is 3.70. The van der Waals surface area contributed by atoms with E-state index >= 15 is 0 Å². The first-order valence-corrected chi connectivity index (χ1v) is 7.34. The predicted octanol–water partition coefficient (Wildman–Crippen LogP) is 2.35. The Morgan fingerprint density at radius 2 is 1.70 bits per heavy atom. The predicted molar refractivity (Wildman–Crippen MR) is 80.5 cm³/mol. The van der Waals surface area contributed by atoms with Crippen LogP contribution in [-0.2, 0) is 0 Å². The lowest BCUT2D eigenvalue weighted by molar-refractivity contribution is -0.0198. The molecule has 0 aliphatic carbocycles. The highest BCUT2D eigenvalue weighted by molar-refractivity contribution is 5.46. The number of piperazine rings is 1. The molecule has 3 nitrogen and oxygen atoms in total. The lowest BCUT2D eigenvalue weighted by atomic mass is 9.92. The minimum absolute atomic E-state index is 0.194. The van der Waals surface area contributed by atoms with Gasteiger partial charge in [0, 0.05) is 38.4 Å². The van der Waals surface area contributed by atoms with E-state index in [0.717, 1.165) is 31.9 Å². The Morgan fingerprint density at radius 3 is 2.20 bits per heavy atom. The average molecular weight is 280 g/mol. The zero-order valence-electron chi connectivity index (χ0n) is 12.6. The van der Waals surface area contributed by atoms with Crippen LogP contribution in [0.4, 0.5) is 10.1 Å². The topological polar surface area (TPSA) is 26.7 Å². The first-order chi connectivity index (χ1) is 9.38. The van der Waals surface area contributed by atoms with Gasteiger partial charge in [0.1, 0.15) is 5.82 Å². The van der Waals surface area contributed by atoms with E-state index in [9.17, 15) is 9.50 Å². The summed E-state index contributed by atoms with van der Waals surface area (Å²) in [6.45, 7) is 10.4.